The van der Waals surface area contributed by atoms with Crippen molar-refractivity contribution in [2.24, 2.45) is 4.99 Å². The van der Waals surface area contributed by atoms with Crippen LogP contribution < -0.4 is 10.6 Å². The van der Waals surface area contributed by atoms with Crippen LogP contribution in [0.4, 0.5) is 4.39 Å². The monoisotopic (exact) mass is 521 g/mol. The summed E-state index contributed by atoms with van der Waals surface area (Å²) in [4.78, 5) is 7.04. The number of nitrogens with one attached hydrogen (secondary N) is 2. The minimum absolute atomic E-state index is 0. The summed E-state index contributed by atoms with van der Waals surface area (Å²) in [6, 6.07) is 17.2. The van der Waals surface area contributed by atoms with E-state index in [9.17, 15) is 4.39 Å². The van der Waals surface area contributed by atoms with Crippen LogP contribution in [0.3, 0.4) is 0 Å². The summed E-state index contributed by atoms with van der Waals surface area (Å²) in [5.74, 6) is 0.303. The quantitative estimate of drug-likeness (QED) is 0.326. The minimum Gasteiger partial charge on any atom is -0.357 e. The second-order valence-electron chi connectivity index (χ2n) is 7.16. The van der Waals surface area contributed by atoms with E-state index in [4.69, 9.17) is 5.26 Å². The van der Waals surface area contributed by atoms with Crippen LogP contribution in [0.2, 0.25) is 0 Å². The summed E-state index contributed by atoms with van der Waals surface area (Å²) in [5, 5.41) is 15.7. The zero-order valence-corrected chi connectivity index (χ0v) is 19.6. The van der Waals surface area contributed by atoms with Gasteiger partial charge in [-0.2, -0.15) is 5.26 Å². The number of halogens is 2. The van der Waals surface area contributed by atoms with Crippen molar-refractivity contribution in [3.8, 4) is 6.07 Å². The Bertz CT molecular complexity index is 860. The highest BCUT2D eigenvalue weighted by Gasteiger charge is 2.23. The third-order valence-electron chi connectivity index (χ3n) is 5.16. The lowest BCUT2D eigenvalue weighted by atomic mass is 10.1. The molecule has 2 aromatic carbocycles. The number of nitrogens with zero attached hydrogens (tertiary/aromatic N) is 3. The average Bonchev–Trinajstić information content (AvgIpc) is 3.28. The van der Waals surface area contributed by atoms with Crippen molar-refractivity contribution < 1.29 is 4.39 Å². The van der Waals surface area contributed by atoms with Gasteiger partial charge >= 0.3 is 0 Å². The van der Waals surface area contributed by atoms with Gasteiger partial charge in [-0.1, -0.05) is 30.3 Å². The molecule has 0 amide bonds. The molecule has 5 nitrogen and oxygen atoms in total. The van der Waals surface area contributed by atoms with E-state index in [0.29, 0.717) is 23.6 Å². The van der Waals surface area contributed by atoms with Gasteiger partial charge in [-0.15, -0.1) is 24.0 Å². The van der Waals surface area contributed by atoms with Gasteiger partial charge in [-0.25, -0.2) is 9.38 Å². The SMILES string of the molecule is CCNC(=NCc1cc(C#N)ccc1F)NCC(c1ccccc1)N1CCCC1.I. The molecule has 1 saturated heterocycles. The molecule has 1 atom stereocenters. The molecule has 160 valence electrons. The average molecular weight is 521 g/mol. The van der Waals surface area contributed by atoms with Crippen LogP contribution in [0.25, 0.3) is 0 Å². The van der Waals surface area contributed by atoms with E-state index in [1.807, 2.05) is 19.1 Å². The van der Waals surface area contributed by atoms with Crippen molar-refractivity contribution in [3.05, 3.63) is 71.0 Å². The molecule has 0 bridgehead atoms. The number of hydrogen-bond donors (Lipinski definition) is 2. The fraction of sp³-hybridized carbons (Fsp3) is 0.391. The summed E-state index contributed by atoms with van der Waals surface area (Å²) in [6.45, 7) is 5.81. The molecule has 1 unspecified atom stereocenters. The molecule has 3 rings (SSSR count). The van der Waals surface area contributed by atoms with Crippen LogP contribution in [0, 0.1) is 17.1 Å². The lowest BCUT2D eigenvalue weighted by Crippen LogP contribution is -2.42. The van der Waals surface area contributed by atoms with Crippen molar-refractivity contribution in [2.75, 3.05) is 26.2 Å². The predicted octanol–water partition coefficient (Wildman–Crippen LogP) is 4.21. The Labute approximate surface area is 195 Å². The number of aliphatic imine (C=N–C) groups is 1. The van der Waals surface area contributed by atoms with E-state index in [-0.39, 0.29) is 42.4 Å². The minimum atomic E-state index is -0.345. The van der Waals surface area contributed by atoms with Gasteiger partial charge in [0.25, 0.3) is 0 Å². The Morgan fingerprint density at radius 2 is 1.90 bits per heavy atom. The molecule has 1 aliphatic rings. The van der Waals surface area contributed by atoms with Crippen molar-refractivity contribution in [3.63, 3.8) is 0 Å². The summed E-state index contributed by atoms with van der Waals surface area (Å²) < 4.78 is 14.1. The Hall–Kier alpha value is -2.18. The molecule has 0 spiro atoms. The number of likely N-dealkylation sites (tertiary alicyclic amines) is 1. The summed E-state index contributed by atoms with van der Waals surface area (Å²) in [7, 11) is 0. The molecule has 2 N–H and O–H groups in total. The van der Waals surface area contributed by atoms with Gasteiger partial charge in [0.05, 0.1) is 24.2 Å². The highest BCUT2D eigenvalue weighted by atomic mass is 127. The molecule has 1 aliphatic heterocycles. The molecule has 7 heteroatoms. The predicted molar refractivity (Wildman–Crippen MR) is 129 cm³/mol. The number of nitriles is 1. The van der Waals surface area contributed by atoms with Crippen LogP contribution in [0.15, 0.2) is 53.5 Å². The molecule has 0 saturated carbocycles. The van der Waals surface area contributed by atoms with E-state index in [1.54, 1.807) is 6.07 Å². The lowest BCUT2D eigenvalue weighted by molar-refractivity contribution is 0.245. The Kier molecular flexibility index (Phi) is 10.0. The third kappa shape index (κ3) is 6.67. The van der Waals surface area contributed by atoms with E-state index in [0.717, 1.165) is 19.6 Å². The van der Waals surface area contributed by atoms with Gasteiger partial charge in [0.2, 0.25) is 0 Å². The zero-order valence-electron chi connectivity index (χ0n) is 17.3. The molecule has 0 radical (unpaired) electrons. The Morgan fingerprint density at radius 1 is 1.17 bits per heavy atom. The first kappa shape index (κ1) is 24.1. The fourth-order valence-corrected chi connectivity index (χ4v) is 3.65. The topological polar surface area (TPSA) is 63.5 Å². The molecule has 30 heavy (non-hydrogen) atoms. The van der Waals surface area contributed by atoms with Crippen LogP contribution in [-0.4, -0.2) is 37.0 Å². The van der Waals surface area contributed by atoms with Gasteiger partial charge in [-0.3, -0.25) is 4.90 Å². The number of guanidine groups is 1. The third-order valence-corrected chi connectivity index (χ3v) is 5.16. The first-order valence-electron chi connectivity index (χ1n) is 10.2. The van der Waals surface area contributed by atoms with Crippen molar-refractivity contribution in [2.45, 2.75) is 32.4 Å². The highest BCUT2D eigenvalue weighted by Crippen LogP contribution is 2.24. The number of hydrogen-bond acceptors (Lipinski definition) is 3. The molecular formula is C23H29FIN5. The van der Waals surface area contributed by atoms with Crippen LogP contribution in [-0.2, 0) is 6.54 Å². The van der Waals surface area contributed by atoms with E-state index < -0.39 is 0 Å². The molecule has 1 heterocycles. The molecule has 0 aliphatic carbocycles. The normalized spacial score (nSPS) is 15.2. The number of rotatable bonds is 7. The van der Waals surface area contributed by atoms with Crippen molar-refractivity contribution in [1.82, 2.24) is 15.5 Å². The number of benzene rings is 2. The highest BCUT2D eigenvalue weighted by molar-refractivity contribution is 14.0. The summed E-state index contributed by atoms with van der Waals surface area (Å²) >= 11 is 0. The summed E-state index contributed by atoms with van der Waals surface area (Å²) in [5.41, 5.74) is 2.14. The molecule has 2 aromatic rings. The van der Waals surface area contributed by atoms with Crippen molar-refractivity contribution in [1.29, 1.82) is 5.26 Å². The van der Waals surface area contributed by atoms with Crippen LogP contribution >= 0.6 is 24.0 Å². The summed E-state index contributed by atoms with van der Waals surface area (Å²) in [6.07, 6.45) is 2.46. The fourth-order valence-electron chi connectivity index (χ4n) is 3.65. The maximum atomic E-state index is 14.1. The second kappa shape index (κ2) is 12.5. The standard InChI is InChI=1S/C23H28FN5.HI/c1-2-26-23(27-16-20-14-18(15-25)10-11-21(20)24)28-17-22(29-12-6-7-13-29)19-8-4-3-5-9-19;/h3-5,8-11,14,22H,2,6-7,12-13,16-17H2,1H3,(H2,26,27,28);1H. The van der Waals surface area contributed by atoms with Crippen LogP contribution in [0.5, 0.6) is 0 Å². The first-order chi connectivity index (χ1) is 14.2. The maximum absolute atomic E-state index is 14.1. The van der Waals surface area contributed by atoms with Gasteiger partial charge in [0.15, 0.2) is 5.96 Å². The zero-order chi connectivity index (χ0) is 20.5. The molecular weight excluding hydrogens is 492 g/mol. The second-order valence-corrected chi connectivity index (χ2v) is 7.16. The van der Waals surface area contributed by atoms with Gasteiger partial charge in [0, 0.05) is 18.7 Å². The maximum Gasteiger partial charge on any atom is 0.191 e. The van der Waals surface area contributed by atoms with Gasteiger partial charge < -0.3 is 10.6 Å². The van der Waals surface area contributed by atoms with E-state index in [2.05, 4.69) is 44.8 Å². The Morgan fingerprint density at radius 3 is 2.57 bits per heavy atom. The van der Waals surface area contributed by atoms with E-state index in [1.165, 1.54) is 30.5 Å². The molecule has 0 aromatic heterocycles. The van der Waals surface area contributed by atoms with Crippen LogP contribution in [0.1, 0.15) is 42.5 Å². The molecule has 1 fully saturated rings. The first-order valence-corrected chi connectivity index (χ1v) is 10.2. The van der Waals surface area contributed by atoms with Gasteiger partial charge in [-0.05, 0) is 56.6 Å². The van der Waals surface area contributed by atoms with Crippen molar-refractivity contribution >= 4 is 29.9 Å². The van der Waals surface area contributed by atoms with Gasteiger partial charge in [0.1, 0.15) is 5.82 Å². The van der Waals surface area contributed by atoms with E-state index >= 15 is 0 Å². The smallest absolute Gasteiger partial charge is 0.191 e. The lowest BCUT2D eigenvalue weighted by Gasteiger charge is -2.29. The largest absolute Gasteiger partial charge is 0.357 e. The Balaban J connectivity index is 0.00000320.